The van der Waals surface area contributed by atoms with Gasteiger partial charge in [-0.3, -0.25) is 4.79 Å². The molecule has 0 heterocycles. The Hall–Kier alpha value is -1.56. The number of carbonyl (C=O) groups is 1. The Kier molecular flexibility index (Phi) is 5.45. The summed E-state index contributed by atoms with van der Waals surface area (Å²) in [7, 11) is 0. The molecule has 3 nitrogen and oxygen atoms in total. The second kappa shape index (κ2) is 7.13. The molecule has 1 amide bonds. The third-order valence-electron chi connectivity index (χ3n) is 3.20. The molecule has 4 heteroatoms. The van der Waals surface area contributed by atoms with Crippen LogP contribution in [0.1, 0.15) is 26.3 Å². The minimum atomic E-state index is -0.159. The Morgan fingerprint density at radius 2 is 1.73 bits per heavy atom. The summed E-state index contributed by atoms with van der Waals surface area (Å²) in [5, 5.41) is 2.87. The largest absolute Gasteiger partial charge is 0.483 e. The lowest BCUT2D eigenvalue weighted by atomic mass is 9.86. The summed E-state index contributed by atoms with van der Waals surface area (Å²) in [5.74, 6) is 0.598. The first-order valence-corrected chi connectivity index (χ1v) is 8.22. The van der Waals surface area contributed by atoms with Crippen LogP contribution in [0.4, 0.5) is 5.69 Å². The Morgan fingerprint density at radius 1 is 1.09 bits per heavy atom. The number of para-hydroxylation sites is 2. The molecule has 2 aromatic carbocycles. The van der Waals surface area contributed by atoms with E-state index in [4.69, 9.17) is 4.74 Å². The standard InChI is InChI=1S/C18H20INO2/c1-18(2,3)13-8-4-7-11-16(13)22-12-17(21)20-15-10-6-5-9-14(15)19/h4-11H,12H2,1-3H3,(H,20,21). The predicted molar refractivity (Wildman–Crippen MR) is 98.4 cm³/mol. The summed E-state index contributed by atoms with van der Waals surface area (Å²) >= 11 is 2.19. The summed E-state index contributed by atoms with van der Waals surface area (Å²) in [4.78, 5) is 12.1. The zero-order chi connectivity index (χ0) is 16.2. The van der Waals surface area contributed by atoms with Gasteiger partial charge in [0.1, 0.15) is 5.75 Å². The maximum Gasteiger partial charge on any atom is 0.262 e. The van der Waals surface area contributed by atoms with Crippen molar-refractivity contribution >= 4 is 34.2 Å². The molecule has 0 saturated carbocycles. The van der Waals surface area contributed by atoms with E-state index in [-0.39, 0.29) is 17.9 Å². The van der Waals surface area contributed by atoms with Crippen molar-refractivity contribution in [1.82, 2.24) is 0 Å². The number of anilines is 1. The van der Waals surface area contributed by atoms with Crippen molar-refractivity contribution in [2.45, 2.75) is 26.2 Å². The first-order chi connectivity index (χ1) is 10.4. The van der Waals surface area contributed by atoms with Crippen molar-refractivity contribution in [3.63, 3.8) is 0 Å². The van der Waals surface area contributed by atoms with Gasteiger partial charge in [-0.15, -0.1) is 0 Å². The maximum atomic E-state index is 12.1. The fourth-order valence-corrected chi connectivity index (χ4v) is 2.63. The van der Waals surface area contributed by atoms with E-state index in [0.29, 0.717) is 0 Å². The van der Waals surface area contributed by atoms with E-state index in [2.05, 4.69) is 48.7 Å². The Morgan fingerprint density at radius 3 is 2.41 bits per heavy atom. The molecule has 0 aliphatic carbocycles. The smallest absolute Gasteiger partial charge is 0.262 e. The average molecular weight is 409 g/mol. The molecule has 22 heavy (non-hydrogen) atoms. The minimum absolute atomic E-state index is 0.00192. The average Bonchev–Trinajstić information content (AvgIpc) is 2.47. The van der Waals surface area contributed by atoms with Crippen LogP contribution in [-0.4, -0.2) is 12.5 Å². The molecule has 0 aromatic heterocycles. The molecule has 1 N–H and O–H groups in total. The number of benzene rings is 2. The van der Waals surface area contributed by atoms with E-state index >= 15 is 0 Å². The fourth-order valence-electron chi connectivity index (χ4n) is 2.10. The van der Waals surface area contributed by atoms with E-state index < -0.39 is 0 Å². The van der Waals surface area contributed by atoms with Gasteiger partial charge in [0, 0.05) is 3.57 Å². The molecule has 0 fully saturated rings. The lowest BCUT2D eigenvalue weighted by Crippen LogP contribution is -2.22. The van der Waals surface area contributed by atoms with Gasteiger partial charge in [0.25, 0.3) is 5.91 Å². The highest BCUT2D eigenvalue weighted by molar-refractivity contribution is 14.1. The molecular formula is C18H20INO2. The van der Waals surface area contributed by atoms with Gasteiger partial charge in [0.2, 0.25) is 0 Å². The number of amides is 1. The van der Waals surface area contributed by atoms with Crippen molar-refractivity contribution in [1.29, 1.82) is 0 Å². The van der Waals surface area contributed by atoms with Crippen LogP contribution in [-0.2, 0) is 10.2 Å². The molecule has 0 aliphatic heterocycles. The van der Waals surface area contributed by atoms with Gasteiger partial charge >= 0.3 is 0 Å². The molecule has 0 aliphatic rings. The van der Waals surface area contributed by atoms with E-state index in [1.807, 2.05) is 48.5 Å². The van der Waals surface area contributed by atoms with E-state index in [9.17, 15) is 4.79 Å². The monoisotopic (exact) mass is 409 g/mol. The number of hydrogen-bond donors (Lipinski definition) is 1. The summed E-state index contributed by atoms with van der Waals surface area (Å²) in [6.45, 7) is 6.38. The van der Waals surface area contributed by atoms with E-state index in [1.54, 1.807) is 0 Å². The lowest BCUT2D eigenvalue weighted by Gasteiger charge is -2.22. The highest BCUT2D eigenvalue weighted by atomic mass is 127. The zero-order valence-electron chi connectivity index (χ0n) is 13.0. The van der Waals surface area contributed by atoms with Crippen LogP contribution in [0, 0.1) is 3.57 Å². The fraction of sp³-hybridized carbons (Fsp3) is 0.278. The quantitative estimate of drug-likeness (QED) is 0.750. The van der Waals surface area contributed by atoms with Crippen molar-refractivity contribution in [2.24, 2.45) is 0 Å². The van der Waals surface area contributed by atoms with Gasteiger partial charge in [-0.25, -0.2) is 0 Å². The minimum Gasteiger partial charge on any atom is -0.483 e. The summed E-state index contributed by atoms with van der Waals surface area (Å²) in [6, 6.07) is 15.5. The van der Waals surface area contributed by atoms with Gasteiger partial charge in [-0.2, -0.15) is 0 Å². The lowest BCUT2D eigenvalue weighted by molar-refractivity contribution is -0.118. The number of hydrogen-bond acceptors (Lipinski definition) is 2. The number of ether oxygens (including phenoxy) is 1. The first kappa shape index (κ1) is 16.8. The highest BCUT2D eigenvalue weighted by Gasteiger charge is 2.18. The van der Waals surface area contributed by atoms with Crippen molar-refractivity contribution < 1.29 is 9.53 Å². The molecule has 116 valence electrons. The predicted octanol–water partition coefficient (Wildman–Crippen LogP) is 4.61. The van der Waals surface area contributed by atoms with Gasteiger partial charge < -0.3 is 10.1 Å². The number of halogens is 1. The molecule has 0 atom stereocenters. The van der Waals surface area contributed by atoms with Gasteiger partial charge in [-0.1, -0.05) is 51.1 Å². The summed E-state index contributed by atoms with van der Waals surface area (Å²) < 4.78 is 6.73. The van der Waals surface area contributed by atoms with Crippen molar-refractivity contribution in [3.8, 4) is 5.75 Å². The van der Waals surface area contributed by atoms with Crippen molar-refractivity contribution in [3.05, 3.63) is 57.7 Å². The number of nitrogens with one attached hydrogen (secondary N) is 1. The maximum absolute atomic E-state index is 12.1. The van der Waals surface area contributed by atoms with Crippen LogP contribution in [0.2, 0.25) is 0 Å². The molecule has 2 rings (SSSR count). The third kappa shape index (κ3) is 4.47. The zero-order valence-corrected chi connectivity index (χ0v) is 15.2. The SMILES string of the molecule is CC(C)(C)c1ccccc1OCC(=O)Nc1ccccc1I. The molecule has 0 saturated heterocycles. The molecule has 0 radical (unpaired) electrons. The molecule has 0 unspecified atom stereocenters. The Balaban J connectivity index is 2.02. The third-order valence-corrected chi connectivity index (χ3v) is 4.14. The summed E-state index contributed by atoms with van der Waals surface area (Å²) in [5.41, 5.74) is 1.87. The first-order valence-electron chi connectivity index (χ1n) is 7.14. The van der Waals surface area contributed by atoms with Crippen LogP contribution in [0.3, 0.4) is 0 Å². The van der Waals surface area contributed by atoms with Gasteiger partial charge in [0.05, 0.1) is 5.69 Å². The van der Waals surface area contributed by atoms with Crippen LogP contribution in [0.25, 0.3) is 0 Å². The topological polar surface area (TPSA) is 38.3 Å². The van der Waals surface area contributed by atoms with Gasteiger partial charge in [-0.05, 0) is 51.8 Å². The van der Waals surface area contributed by atoms with Crippen molar-refractivity contribution in [2.75, 3.05) is 11.9 Å². The summed E-state index contributed by atoms with van der Waals surface area (Å²) in [6.07, 6.45) is 0. The van der Waals surface area contributed by atoms with Crippen LogP contribution < -0.4 is 10.1 Å². The molecule has 2 aromatic rings. The molecule has 0 bridgehead atoms. The number of rotatable bonds is 4. The van der Waals surface area contributed by atoms with E-state index in [0.717, 1.165) is 20.6 Å². The second-order valence-corrected chi connectivity index (χ2v) is 7.23. The van der Waals surface area contributed by atoms with Crippen LogP contribution in [0.5, 0.6) is 5.75 Å². The van der Waals surface area contributed by atoms with Crippen LogP contribution >= 0.6 is 22.6 Å². The van der Waals surface area contributed by atoms with Crippen LogP contribution in [0.15, 0.2) is 48.5 Å². The highest BCUT2D eigenvalue weighted by Crippen LogP contribution is 2.30. The second-order valence-electron chi connectivity index (χ2n) is 6.06. The Labute approximate surface area is 145 Å². The molecular weight excluding hydrogens is 389 g/mol. The number of carbonyl (C=O) groups excluding carboxylic acids is 1. The van der Waals surface area contributed by atoms with Gasteiger partial charge in [0.15, 0.2) is 6.61 Å². The normalized spacial score (nSPS) is 11.1. The Bertz CT molecular complexity index is 662. The molecule has 0 spiro atoms. The van der Waals surface area contributed by atoms with E-state index in [1.165, 1.54) is 0 Å².